The molecule has 0 saturated carbocycles. The number of aromatic nitrogens is 4. The van der Waals surface area contributed by atoms with Crippen LogP contribution in [0.3, 0.4) is 0 Å². The molecular formula is C11H15N4Se-. The first-order valence-electron chi connectivity index (χ1n) is 5.20. The Hall–Kier alpha value is -1.06. The van der Waals surface area contributed by atoms with Crippen molar-refractivity contribution in [1.82, 2.24) is 19.6 Å². The number of hydrogen-bond acceptors (Lipinski definition) is 2. The molecule has 0 fully saturated rings. The Kier molecular flexibility index (Phi) is 2.91. The summed E-state index contributed by atoms with van der Waals surface area (Å²) in [4.78, 5) is 0. The molecule has 0 aliphatic carbocycles. The van der Waals surface area contributed by atoms with Crippen LogP contribution in [0.25, 0.3) is 0 Å². The van der Waals surface area contributed by atoms with Crippen LogP contribution in [0.4, 0.5) is 0 Å². The summed E-state index contributed by atoms with van der Waals surface area (Å²) in [5.41, 5.74) is 4.32. The van der Waals surface area contributed by atoms with E-state index in [2.05, 4.69) is 52.2 Å². The number of hydrogen-bond donors (Lipinski definition) is 0. The van der Waals surface area contributed by atoms with Gasteiger partial charge < -0.3 is 0 Å². The van der Waals surface area contributed by atoms with E-state index in [-0.39, 0.29) is 5.06 Å². The van der Waals surface area contributed by atoms with Gasteiger partial charge in [0.05, 0.1) is 0 Å². The molecule has 0 amide bonds. The average molecular weight is 282 g/mol. The Morgan fingerprint density at radius 1 is 0.938 bits per heavy atom. The molecule has 0 saturated heterocycles. The molecule has 2 aromatic rings. The predicted molar refractivity (Wildman–Crippen MR) is 63.6 cm³/mol. The van der Waals surface area contributed by atoms with E-state index in [0.29, 0.717) is 0 Å². The second-order valence-corrected chi connectivity index (χ2v) is 4.95. The molecule has 0 atom stereocenters. The van der Waals surface area contributed by atoms with E-state index in [9.17, 15) is 0 Å². The van der Waals surface area contributed by atoms with Gasteiger partial charge >= 0.3 is 103 Å². The molecule has 0 bridgehead atoms. The fraction of sp³-hybridized carbons (Fsp3) is 0.455. The van der Waals surface area contributed by atoms with E-state index < -0.39 is 0 Å². The van der Waals surface area contributed by atoms with Gasteiger partial charge in [-0.3, -0.25) is 0 Å². The topological polar surface area (TPSA) is 35.6 Å². The van der Waals surface area contributed by atoms with Gasteiger partial charge in [-0.25, -0.2) is 0 Å². The van der Waals surface area contributed by atoms with Gasteiger partial charge in [0.1, 0.15) is 0 Å². The van der Waals surface area contributed by atoms with Gasteiger partial charge in [-0.2, -0.15) is 0 Å². The molecule has 2 aromatic heterocycles. The van der Waals surface area contributed by atoms with Crippen LogP contribution < -0.4 is 0 Å². The molecule has 0 aliphatic heterocycles. The molecule has 0 N–H and O–H groups in total. The maximum atomic E-state index is 4.46. The van der Waals surface area contributed by atoms with Crippen LogP contribution in [-0.2, 0) is 0 Å². The van der Waals surface area contributed by atoms with Crippen molar-refractivity contribution in [3.63, 3.8) is 0 Å². The second-order valence-electron chi connectivity index (χ2n) is 4.07. The molecule has 86 valence electrons. The van der Waals surface area contributed by atoms with Crippen LogP contribution >= 0.6 is 0 Å². The number of aryl methyl sites for hydroxylation is 4. The van der Waals surface area contributed by atoms with Gasteiger partial charge in [0.25, 0.3) is 0 Å². The van der Waals surface area contributed by atoms with Crippen LogP contribution in [0.2, 0.25) is 0 Å². The standard InChI is InChI=1S/C11H16N4Se/c1-7-5-9(3)14(12-7)11(16)15-10(4)6-8(2)13-15/h5-6,11,16H,1-4H3/p-1. The van der Waals surface area contributed by atoms with E-state index in [0.717, 1.165) is 22.8 Å². The van der Waals surface area contributed by atoms with Gasteiger partial charge in [-0.05, 0) is 0 Å². The predicted octanol–water partition coefficient (Wildman–Crippen LogP) is 1.49. The fourth-order valence-electron chi connectivity index (χ4n) is 1.84. The summed E-state index contributed by atoms with van der Waals surface area (Å²) in [6.07, 6.45) is 0. The Morgan fingerprint density at radius 2 is 1.31 bits per heavy atom. The zero-order valence-electron chi connectivity index (χ0n) is 9.93. The summed E-state index contributed by atoms with van der Waals surface area (Å²) in [5, 5.41) is 8.93. The summed E-state index contributed by atoms with van der Waals surface area (Å²) >= 11 is 3.12. The number of rotatable bonds is 2. The molecule has 16 heavy (non-hydrogen) atoms. The van der Waals surface area contributed by atoms with Gasteiger partial charge in [-0.15, -0.1) is 0 Å². The van der Waals surface area contributed by atoms with Crippen molar-refractivity contribution in [3.05, 3.63) is 34.9 Å². The molecular weight excluding hydrogens is 267 g/mol. The Labute approximate surface area is 103 Å². The Balaban J connectivity index is 2.42. The van der Waals surface area contributed by atoms with Gasteiger partial charge in [-0.1, -0.05) is 0 Å². The molecule has 0 spiro atoms. The third-order valence-electron chi connectivity index (χ3n) is 2.51. The van der Waals surface area contributed by atoms with E-state index in [4.69, 9.17) is 0 Å². The van der Waals surface area contributed by atoms with Crippen molar-refractivity contribution in [2.24, 2.45) is 0 Å². The molecule has 2 heterocycles. The summed E-state index contributed by atoms with van der Waals surface area (Å²) in [7, 11) is 0. The van der Waals surface area contributed by atoms with E-state index >= 15 is 0 Å². The van der Waals surface area contributed by atoms with Crippen molar-refractivity contribution in [2.45, 2.75) is 32.8 Å². The molecule has 0 unspecified atom stereocenters. The van der Waals surface area contributed by atoms with E-state index in [1.165, 1.54) is 0 Å². The zero-order chi connectivity index (χ0) is 11.9. The average Bonchev–Trinajstić information content (AvgIpc) is 2.68. The fourth-order valence-corrected chi connectivity index (χ4v) is 2.74. The zero-order valence-corrected chi connectivity index (χ0v) is 11.6. The van der Waals surface area contributed by atoms with Crippen LogP contribution in [0.15, 0.2) is 12.1 Å². The van der Waals surface area contributed by atoms with Crippen molar-refractivity contribution in [2.75, 3.05) is 0 Å². The summed E-state index contributed by atoms with van der Waals surface area (Å²) < 4.78 is 3.91. The SMILES string of the molecule is Cc1cc(C)n(C([Se-])n2nc(C)cc2C)n1. The first-order chi connectivity index (χ1) is 7.49. The molecule has 0 aromatic carbocycles. The van der Waals surface area contributed by atoms with E-state index in [1.807, 2.05) is 23.2 Å². The van der Waals surface area contributed by atoms with Crippen molar-refractivity contribution in [3.8, 4) is 0 Å². The first kappa shape index (κ1) is 11.4. The van der Waals surface area contributed by atoms with Gasteiger partial charge in [0.15, 0.2) is 0 Å². The summed E-state index contributed by atoms with van der Waals surface area (Å²) in [6.45, 7) is 8.10. The normalized spacial score (nSPS) is 11.4. The van der Waals surface area contributed by atoms with Crippen LogP contribution in [0.5, 0.6) is 0 Å². The minimum absolute atomic E-state index is 0.00222. The van der Waals surface area contributed by atoms with Crippen molar-refractivity contribution >= 4 is 16.0 Å². The van der Waals surface area contributed by atoms with Crippen LogP contribution in [0, 0.1) is 27.7 Å². The van der Waals surface area contributed by atoms with Crippen LogP contribution in [-0.4, -0.2) is 35.6 Å². The molecule has 4 nitrogen and oxygen atoms in total. The quantitative estimate of drug-likeness (QED) is 0.782. The summed E-state index contributed by atoms with van der Waals surface area (Å²) in [6, 6.07) is 4.13. The summed E-state index contributed by atoms with van der Waals surface area (Å²) in [5.74, 6) is 0. The van der Waals surface area contributed by atoms with Gasteiger partial charge in [0, 0.05) is 0 Å². The molecule has 0 radical (unpaired) electrons. The Bertz CT molecular complexity index is 466. The van der Waals surface area contributed by atoms with Crippen LogP contribution in [0.1, 0.15) is 27.8 Å². The monoisotopic (exact) mass is 283 g/mol. The van der Waals surface area contributed by atoms with Crippen molar-refractivity contribution in [1.29, 1.82) is 0 Å². The third-order valence-corrected chi connectivity index (χ3v) is 3.35. The van der Waals surface area contributed by atoms with E-state index in [1.54, 1.807) is 0 Å². The van der Waals surface area contributed by atoms with Gasteiger partial charge in [0.2, 0.25) is 0 Å². The first-order valence-corrected chi connectivity index (χ1v) is 6.19. The maximum absolute atomic E-state index is 4.46. The molecule has 5 heteroatoms. The minimum atomic E-state index is 0.00222. The van der Waals surface area contributed by atoms with Crippen molar-refractivity contribution < 1.29 is 0 Å². The molecule has 2 rings (SSSR count). The molecule has 0 aliphatic rings. The third kappa shape index (κ3) is 1.93. The number of nitrogens with zero attached hydrogens (tertiary/aromatic N) is 4. The second kappa shape index (κ2) is 4.07. The Morgan fingerprint density at radius 3 is 1.56 bits per heavy atom.